The van der Waals surface area contributed by atoms with Crippen molar-refractivity contribution >= 4 is 0 Å². The van der Waals surface area contributed by atoms with Crippen molar-refractivity contribution < 1.29 is 0 Å². The summed E-state index contributed by atoms with van der Waals surface area (Å²) in [7, 11) is 0. The first-order valence-corrected chi connectivity index (χ1v) is 4.97. The molecule has 70 valence electrons. The van der Waals surface area contributed by atoms with Gasteiger partial charge in [0.05, 0.1) is 0 Å². The van der Waals surface area contributed by atoms with Crippen molar-refractivity contribution in [2.75, 3.05) is 19.6 Å². The first-order chi connectivity index (χ1) is 5.88. The molecule has 0 aromatic heterocycles. The molecule has 0 aromatic rings. The second-order valence-electron chi connectivity index (χ2n) is 3.46. The van der Waals surface area contributed by atoms with Crippen molar-refractivity contribution in [2.45, 2.75) is 32.2 Å². The smallest absolute Gasteiger partial charge is 0.0225 e. The Labute approximate surface area is 75.4 Å². The second kappa shape index (κ2) is 5.33. The highest BCUT2D eigenvalue weighted by Crippen LogP contribution is 2.10. The Morgan fingerprint density at radius 1 is 1.42 bits per heavy atom. The predicted molar refractivity (Wildman–Crippen MR) is 53.1 cm³/mol. The number of hydrogen-bond acceptors (Lipinski definition) is 2. The first kappa shape index (κ1) is 9.75. The molecule has 1 unspecified atom stereocenters. The summed E-state index contributed by atoms with van der Waals surface area (Å²) in [6.45, 7) is 5.24. The predicted octanol–water partition coefficient (Wildman–Crippen LogP) is 1.38. The zero-order valence-electron chi connectivity index (χ0n) is 8.00. The van der Waals surface area contributed by atoms with E-state index in [2.05, 4.69) is 24.0 Å². The summed E-state index contributed by atoms with van der Waals surface area (Å²) in [5.74, 6) is 0. The maximum absolute atomic E-state index is 5.72. The van der Waals surface area contributed by atoms with Gasteiger partial charge in [0, 0.05) is 25.7 Å². The standard InChI is InChI=1S/C10H20N2/c1-2-3-6-10(9-11)12-7-4-5-8-12/h4-5,10H,2-3,6-9,11H2,1H3. The highest BCUT2D eigenvalue weighted by atomic mass is 15.2. The molecule has 0 bridgehead atoms. The van der Waals surface area contributed by atoms with Crippen LogP contribution < -0.4 is 5.73 Å². The Morgan fingerprint density at radius 3 is 2.58 bits per heavy atom. The van der Waals surface area contributed by atoms with E-state index in [-0.39, 0.29) is 0 Å². The fourth-order valence-corrected chi connectivity index (χ4v) is 1.68. The molecule has 1 aliphatic heterocycles. The number of hydrogen-bond donors (Lipinski definition) is 1. The molecule has 0 radical (unpaired) electrons. The molecular formula is C10H20N2. The largest absolute Gasteiger partial charge is 0.329 e. The van der Waals surface area contributed by atoms with Gasteiger partial charge < -0.3 is 5.73 Å². The Balaban J connectivity index is 2.24. The minimum Gasteiger partial charge on any atom is -0.329 e. The van der Waals surface area contributed by atoms with E-state index in [1.165, 1.54) is 19.3 Å². The van der Waals surface area contributed by atoms with Crippen LogP contribution >= 0.6 is 0 Å². The van der Waals surface area contributed by atoms with E-state index in [1.807, 2.05) is 0 Å². The number of unbranched alkanes of at least 4 members (excludes halogenated alkanes) is 1. The van der Waals surface area contributed by atoms with E-state index in [0.29, 0.717) is 6.04 Å². The third-order valence-electron chi connectivity index (χ3n) is 2.53. The molecular weight excluding hydrogens is 148 g/mol. The van der Waals surface area contributed by atoms with Crippen LogP contribution in [0.15, 0.2) is 12.2 Å². The summed E-state index contributed by atoms with van der Waals surface area (Å²) in [5, 5.41) is 0. The van der Waals surface area contributed by atoms with Gasteiger partial charge in [0.1, 0.15) is 0 Å². The number of nitrogens with two attached hydrogens (primary N) is 1. The van der Waals surface area contributed by atoms with E-state index in [1.54, 1.807) is 0 Å². The van der Waals surface area contributed by atoms with Crippen LogP contribution in [0.4, 0.5) is 0 Å². The molecule has 0 spiro atoms. The average molecular weight is 168 g/mol. The third-order valence-corrected chi connectivity index (χ3v) is 2.53. The van der Waals surface area contributed by atoms with Crippen molar-refractivity contribution in [2.24, 2.45) is 5.73 Å². The molecule has 0 aliphatic carbocycles. The minimum absolute atomic E-state index is 0.611. The van der Waals surface area contributed by atoms with Crippen LogP contribution in [0.2, 0.25) is 0 Å². The topological polar surface area (TPSA) is 29.3 Å². The van der Waals surface area contributed by atoms with Crippen LogP contribution in [0, 0.1) is 0 Å². The molecule has 0 fully saturated rings. The maximum Gasteiger partial charge on any atom is 0.0225 e. The van der Waals surface area contributed by atoms with Gasteiger partial charge in [0.25, 0.3) is 0 Å². The molecule has 0 amide bonds. The SMILES string of the molecule is CCCCC(CN)N1CC=CC1. The van der Waals surface area contributed by atoms with Crippen LogP contribution in [-0.2, 0) is 0 Å². The van der Waals surface area contributed by atoms with Crippen molar-refractivity contribution in [1.82, 2.24) is 4.90 Å². The van der Waals surface area contributed by atoms with Gasteiger partial charge in [-0.2, -0.15) is 0 Å². The average Bonchev–Trinajstić information content (AvgIpc) is 2.59. The molecule has 12 heavy (non-hydrogen) atoms. The van der Waals surface area contributed by atoms with Gasteiger partial charge in [0.2, 0.25) is 0 Å². The number of rotatable bonds is 5. The molecule has 0 saturated carbocycles. The molecule has 1 atom stereocenters. The zero-order valence-corrected chi connectivity index (χ0v) is 8.00. The van der Waals surface area contributed by atoms with Crippen molar-refractivity contribution in [3.63, 3.8) is 0 Å². The van der Waals surface area contributed by atoms with Crippen LogP contribution in [-0.4, -0.2) is 30.6 Å². The summed E-state index contributed by atoms with van der Waals surface area (Å²) in [5.41, 5.74) is 5.72. The highest BCUT2D eigenvalue weighted by molar-refractivity contribution is 4.97. The van der Waals surface area contributed by atoms with Gasteiger partial charge in [-0.05, 0) is 6.42 Å². The summed E-state index contributed by atoms with van der Waals surface area (Å²) in [6, 6.07) is 0.611. The Bertz CT molecular complexity index is 135. The first-order valence-electron chi connectivity index (χ1n) is 4.97. The second-order valence-corrected chi connectivity index (χ2v) is 3.46. The van der Waals surface area contributed by atoms with Gasteiger partial charge in [-0.3, -0.25) is 4.90 Å². The normalized spacial score (nSPS) is 20.2. The van der Waals surface area contributed by atoms with Crippen LogP contribution in [0.3, 0.4) is 0 Å². The lowest BCUT2D eigenvalue weighted by Crippen LogP contribution is -2.38. The molecule has 2 heteroatoms. The van der Waals surface area contributed by atoms with E-state index in [4.69, 9.17) is 5.73 Å². The van der Waals surface area contributed by atoms with Crippen LogP contribution in [0.25, 0.3) is 0 Å². The molecule has 0 saturated heterocycles. The summed E-state index contributed by atoms with van der Waals surface area (Å²) < 4.78 is 0. The maximum atomic E-state index is 5.72. The van der Waals surface area contributed by atoms with Gasteiger partial charge in [-0.1, -0.05) is 31.9 Å². The van der Waals surface area contributed by atoms with Gasteiger partial charge >= 0.3 is 0 Å². The lowest BCUT2D eigenvalue weighted by Gasteiger charge is -2.25. The molecule has 2 N–H and O–H groups in total. The summed E-state index contributed by atoms with van der Waals surface area (Å²) in [6.07, 6.45) is 8.30. The highest BCUT2D eigenvalue weighted by Gasteiger charge is 2.16. The van der Waals surface area contributed by atoms with E-state index >= 15 is 0 Å². The van der Waals surface area contributed by atoms with Gasteiger partial charge in [-0.15, -0.1) is 0 Å². The summed E-state index contributed by atoms with van der Waals surface area (Å²) >= 11 is 0. The lowest BCUT2D eigenvalue weighted by molar-refractivity contribution is 0.241. The van der Waals surface area contributed by atoms with Gasteiger partial charge in [-0.25, -0.2) is 0 Å². The van der Waals surface area contributed by atoms with Crippen LogP contribution in [0.5, 0.6) is 0 Å². The molecule has 1 rings (SSSR count). The van der Waals surface area contributed by atoms with E-state index < -0.39 is 0 Å². The van der Waals surface area contributed by atoms with Gasteiger partial charge in [0.15, 0.2) is 0 Å². The van der Waals surface area contributed by atoms with E-state index in [9.17, 15) is 0 Å². The van der Waals surface area contributed by atoms with E-state index in [0.717, 1.165) is 19.6 Å². The monoisotopic (exact) mass is 168 g/mol. The molecule has 1 aliphatic rings. The Morgan fingerprint density at radius 2 is 2.08 bits per heavy atom. The molecule has 0 aromatic carbocycles. The van der Waals surface area contributed by atoms with Crippen molar-refractivity contribution in [3.05, 3.63) is 12.2 Å². The molecule has 2 nitrogen and oxygen atoms in total. The quantitative estimate of drug-likeness (QED) is 0.628. The lowest BCUT2D eigenvalue weighted by atomic mass is 10.1. The minimum atomic E-state index is 0.611. The number of nitrogens with zero attached hydrogens (tertiary/aromatic N) is 1. The fourth-order valence-electron chi connectivity index (χ4n) is 1.68. The van der Waals surface area contributed by atoms with Crippen molar-refractivity contribution in [3.8, 4) is 0 Å². The Hall–Kier alpha value is -0.340. The Kier molecular flexibility index (Phi) is 4.33. The zero-order chi connectivity index (χ0) is 8.81. The molecule has 1 heterocycles. The third kappa shape index (κ3) is 2.61. The van der Waals surface area contributed by atoms with Crippen molar-refractivity contribution in [1.29, 1.82) is 0 Å². The van der Waals surface area contributed by atoms with Crippen LogP contribution in [0.1, 0.15) is 26.2 Å². The fraction of sp³-hybridized carbons (Fsp3) is 0.800. The summed E-state index contributed by atoms with van der Waals surface area (Å²) in [4.78, 5) is 2.45.